The number of hydrogen-bond donors (Lipinski definition) is 2. The monoisotopic (exact) mass is 363 g/mol. The molecule has 0 radical (unpaired) electrons. The number of aliphatic hydroxyl groups excluding tert-OH is 1. The molecule has 5 nitrogen and oxygen atoms in total. The van der Waals surface area contributed by atoms with Gasteiger partial charge in [-0.05, 0) is 53.4 Å². The van der Waals surface area contributed by atoms with Gasteiger partial charge in [0.1, 0.15) is 0 Å². The Morgan fingerprint density at radius 1 is 1.40 bits per heavy atom. The molecule has 1 fully saturated rings. The molecule has 1 aliphatic heterocycles. The van der Waals surface area contributed by atoms with Crippen molar-refractivity contribution < 1.29 is 18.3 Å². The van der Waals surface area contributed by atoms with Gasteiger partial charge in [0.25, 0.3) is 0 Å². The lowest BCUT2D eigenvalue weighted by Gasteiger charge is -2.34. The molecule has 20 heavy (non-hydrogen) atoms. The molecule has 0 atom stereocenters. The third-order valence-electron chi connectivity index (χ3n) is 3.44. The quantitative estimate of drug-likeness (QED) is 0.854. The maximum atomic E-state index is 12.5. The number of ether oxygens (including phenoxy) is 1. The summed E-state index contributed by atoms with van der Waals surface area (Å²) in [5, 5.41) is 9.14. The molecule has 2 N–H and O–H groups in total. The van der Waals surface area contributed by atoms with E-state index in [0.29, 0.717) is 36.1 Å². The summed E-state index contributed by atoms with van der Waals surface area (Å²) in [4.78, 5) is 0.150. The summed E-state index contributed by atoms with van der Waals surface area (Å²) in [7, 11) is -3.65. The molecule has 2 rings (SSSR count). The number of hydrogen-bond acceptors (Lipinski definition) is 4. The van der Waals surface area contributed by atoms with Crippen LogP contribution in [0, 0.1) is 0 Å². The van der Waals surface area contributed by atoms with Crippen LogP contribution in [-0.2, 0) is 21.4 Å². The summed E-state index contributed by atoms with van der Waals surface area (Å²) in [5.74, 6) is 0. The first-order chi connectivity index (χ1) is 9.36. The molecule has 0 spiro atoms. The van der Waals surface area contributed by atoms with Gasteiger partial charge in [-0.2, -0.15) is 0 Å². The molecule has 1 aromatic rings. The Kier molecular flexibility index (Phi) is 4.86. The number of aliphatic hydroxyl groups is 1. The van der Waals surface area contributed by atoms with Crippen LogP contribution in [0.15, 0.2) is 27.6 Å². The van der Waals surface area contributed by atoms with Gasteiger partial charge in [0.2, 0.25) is 10.0 Å². The highest BCUT2D eigenvalue weighted by Gasteiger charge is 2.33. The van der Waals surface area contributed by atoms with Crippen LogP contribution >= 0.6 is 15.9 Å². The van der Waals surface area contributed by atoms with Gasteiger partial charge in [0.05, 0.1) is 11.5 Å². The van der Waals surface area contributed by atoms with Crippen LogP contribution in [0.25, 0.3) is 0 Å². The molecule has 1 aromatic carbocycles. The van der Waals surface area contributed by atoms with Crippen molar-refractivity contribution in [3.8, 4) is 0 Å². The normalized spacial score (nSPS) is 18.9. The maximum Gasteiger partial charge on any atom is 0.242 e. The zero-order valence-electron chi connectivity index (χ0n) is 11.2. The van der Waals surface area contributed by atoms with Gasteiger partial charge in [-0.3, -0.25) is 0 Å². The van der Waals surface area contributed by atoms with Gasteiger partial charge in [0, 0.05) is 23.2 Å². The molecule has 0 aliphatic carbocycles. The maximum absolute atomic E-state index is 12.5. The fourth-order valence-electron chi connectivity index (χ4n) is 2.16. The number of nitrogens with one attached hydrogen (secondary N) is 1. The van der Waals surface area contributed by atoms with E-state index in [-0.39, 0.29) is 11.5 Å². The molecule has 1 aliphatic rings. The van der Waals surface area contributed by atoms with Crippen molar-refractivity contribution in [2.45, 2.75) is 36.8 Å². The molecular formula is C13H18BrNO4S. The summed E-state index contributed by atoms with van der Waals surface area (Å²) in [5.41, 5.74) is 0.0665. The van der Waals surface area contributed by atoms with E-state index in [1.165, 1.54) is 6.07 Å². The fraction of sp³-hybridized carbons (Fsp3) is 0.538. The van der Waals surface area contributed by atoms with Crippen LogP contribution in [0.2, 0.25) is 0 Å². The van der Waals surface area contributed by atoms with Crippen molar-refractivity contribution in [2.24, 2.45) is 0 Å². The summed E-state index contributed by atoms with van der Waals surface area (Å²) in [6.07, 6.45) is 1.28. The molecule has 7 heteroatoms. The first-order valence-corrected chi connectivity index (χ1v) is 8.65. The van der Waals surface area contributed by atoms with Gasteiger partial charge >= 0.3 is 0 Å². The lowest BCUT2D eigenvalue weighted by Crippen LogP contribution is -2.49. The molecule has 0 aromatic heterocycles. The summed E-state index contributed by atoms with van der Waals surface area (Å²) in [6.45, 7) is 2.80. The smallest absolute Gasteiger partial charge is 0.242 e. The van der Waals surface area contributed by atoms with Gasteiger partial charge < -0.3 is 9.84 Å². The van der Waals surface area contributed by atoms with Crippen LogP contribution in [0.4, 0.5) is 0 Å². The minimum absolute atomic E-state index is 0.150. The second-order valence-electron chi connectivity index (χ2n) is 5.20. The second kappa shape index (κ2) is 6.11. The van der Waals surface area contributed by atoms with Gasteiger partial charge in [0.15, 0.2) is 0 Å². The number of benzene rings is 1. The van der Waals surface area contributed by atoms with Crippen LogP contribution in [0.1, 0.15) is 25.3 Å². The highest BCUT2D eigenvalue weighted by Crippen LogP contribution is 2.27. The average Bonchev–Trinajstić information content (AvgIpc) is 2.38. The van der Waals surface area contributed by atoms with E-state index in [2.05, 4.69) is 20.7 Å². The Morgan fingerprint density at radius 2 is 2.05 bits per heavy atom. The van der Waals surface area contributed by atoms with Crippen molar-refractivity contribution in [1.29, 1.82) is 0 Å². The van der Waals surface area contributed by atoms with E-state index >= 15 is 0 Å². The standard InChI is InChI=1S/C13H18BrNO4S/c1-13(4-6-19-7-5-13)15-20(17,18)12-8-10(9-16)2-3-11(12)14/h2-3,8,15-16H,4-7,9H2,1H3. The Morgan fingerprint density at radius 3 is 2.65 bits per heavy atom. The van der Waals surface area contributed by atoms with E-state index in [1.807, 2.05) is 6.92 Å². The molecule has 1 saturated heterocycles. The van der Waals surface area contributed by atoms with Crippen molar-refractivity contribution in [3.63, 3.8) is 0 Å². The SMILES string of the molecule is CC1(NS(=O)(=O)c2cc(CO)ccc2Br)CCOCC1. The van der Waals surface area contributed by atoms with E-state index < -0.39 is 15.6 Å². The number of sulfonamides is 1. The van der Waals surface area contributed by atoms with Gasteiger partial charge in [-0.15, -0.1) is 0 Å². The Bertz CT molecular complexity index is 582. The summed E-state index contributed by atoms with van der Waals surface area (Å²) < 4.78 is 33.6. The Balaban J connectivity index is 2.30. The molecule has 0 amide bonds. The predicted molar refractivity (Wildman–Crippen MR) is 78.8 cm³/mol. The van der Waals surface area contributed by atoms with E-state index in [1.54, 1.807) is 12.1 Å². The van der Waals surface area contributed by atoms with Crippen LogP contribution < -0.4 is 4.72 Å². The van der Waals surface area contributed by atoms with Crippen molar-refractivity contribution in [2.75, 3.05) is 13.2 Å². The number of halogens is 1. The van der Waals surface area contributed by atoms with Gasteiger partial charge in [-0.1, -0.05) is 6.07 Å². The first-order valence-electron chi connectivity index (χ1n) is 6.37. The Hall–Kier alpha value is -0.470. The lowest BCUT2D eigenvalue weighted by molar-refractivity contribution is 0.0537. The highest BCUT2D eigenvalue weighted by molar-refractivity contribution is 9.10. The summed E-state index contributed by atoms with van der Waals surface area (Å²) in [6, 6.07) is 4.79. The minimum atomic E-state index is -3.65. The third-order valence-corrected chi connectivity index (χ3v) is 6.08. The Labute approximate surface area is 127 Å². The topological polar surface area (TPSA) is 75.6 Å². The molecule has 0 bridgehead atoms. The third kappa shape index (κ3) is 3.59. The van der Waals surface area contributed by atoms with E-state index in [0.717, 1.165) is 0 Å². The highest BCUT2D eigenvalue weighted by atomic mass is 79.9. The number of rotatable bonds is 4. The molecule has 1 heterocycles. The van der Waals surface area contributed by atoms with E-state index in [4.69, 9.17) is 9.84 Å². The van der Waals surface area contributed by atoms with Crippen molar-refractivity contribution in [3.05, 3.63) is 28.2 Å². The zero-order valence-corrected chi connectivity index (χ0v) is 13.6. The average molecular weight is 364 g/mol. The molecular weight excluding hydrogens is 346 g/mol. The van der Waals surface area contributed by atoms with Crippen LogP contribution in [0.5, 0.6) is 0 Å². The van der Waals surface area contributed by atoms with Gasteiger partial charge in [-0.25, -0.2) is 13.1 Å². The molecule has 0 unspecified atom stereocenters. The molecule has 112 valence electrons. The predicted octanol–water partition coefficient (Wildman–Crippen LogP) is 1.79. The summed E-state index contributed by atoms with van der Waals surface area (Å²) >= 11 is 3.25. The zero-order chi connectivity index (χ0) is 14.8. The van der Waals surface area contributed by atoms with E-state index in [9.17, 15) is 8.42 Å². The van der Waals surface area contributed by atoms with Crippen molar-refractivity contribution >= 4 is 26.0 Å². The fourth-order valence-corrected chi connectivity index (χ4v) is 4.64. The van der Waals surface area contributed by atoms with Crippen LogP contribution in [-0.4, -0.2) is 32.3 Å². The second-order valence-corrected chi connectivity index (χ2v) is 7.71. The largest absolute Gasteiger partial charge is 0.392 e. The van der Waals surface area contributed by atoms with Crippen molar-refractivity contribution in [1.82, 2.24) is 4.72 Å². The minimum Gasteiger partial charge on any atom is -0.392 e. The van der Waals surface area contributed by atoms with Crippen LogP contribution in [0.3, 0.4) is 0 Å². The first kappa shape index (κ1) is 15.9. The molecule has 0 saturated carbocycles. The lowest BCUT2D eigenvalue weighted by atomic mass is 9.94.